The van der Waals surface area contributed by atoms with Crippen LogP contribution >= 0.6 is 11.6 Å². The Hall–Kier alpha value is -1.22. The molecule has 1 amide bonds. The van der Waals surface area contributed by atoms with Gasteiger partial charge in [0.1, 0.15) is 5.38 Å². The van der Waals surface area contributed by atoms with E-state index in [1.807, 2.05) is 12.1 Å². The highest BCUT2D eigenvalue weighted by Crippen LogP contribution is 2.26. The summed E-state index contributed by atoms with van der Waals surface area (Å²) in [5.74, 6) is -0.162. The number of carbonyl (C=O) groups excluding carboxylic acids is 1. The maximum absolute atomic E-state index is 11.5. The fourth-order valence-electron chi connectivity index (χ4n) is 2.29. The van der Waals surface area contributed by atoms with E-state index in [0.717, 1.165) is 18.8 Å². The van der Waals surface area contributed by atoms with Crippen molar-refractivity contribution >= 4 is 28.9 Å². The van der Waals surface area contributed by atoms with Crippen molar-refractivity contribution in [3.63, 3.8) is 0 Å². The second-order valence-corrected chi connectivity index (χ2v) is 5.46. The molecule has 18 heavy (non-hydrogen) atoms. The lowest BCUT2D eigenvalue weighted by atomic mass is 10.1. The first-order valence-corrected chi connectivity index (χ1v) is 6.82. The van der Waals surface area contributed by atoms with Crippen LogP contribution in [-0.4, -0.2) is 24.4 Å². The van der Waals surface area contributed by atoms with Crippen molar-refractivity contribution in [3.8, 4) is 0 Å². The van der Waals surface area contributed by atoms with Gasteiger partial charge in [-0.1, -0.05) is 0 Å². The first-order valence-electron chi connectivity index (χ1n) is 6.38. The molecular formula is C14H19ClN2O. The molecule has 0 unspecified atom stereocenters. The van der Waals surface area contributed by atoms with Gasteiger partial charge in [0.05, 0.1) is 0 Å². The number of amides is 1. The van der Waals surface area contributed by atoms with E-state index < -0.39 is 5.38 Å². The van der Waals surface area contributed by atoms with Gasteiger partial charge in [-0.05, 0) is 50.5 Å². The minimum absolute atomic E-state index is 0.162. The summed E-state index contributed by atoms with van der Waals surface area (Å²) in [5.41, 5.74) is 3.27. The lowest BCUT2D eigenvalue weighted by Crippen LogP contribution is -2.21. The molecule has 0 aromatic heterocycles. The number of hydrogen-bond donors (Lipinski definition) is 1. The molecule has 0 aliphatic carbocycles. The summed E-state index contributed by atoms with van der Waals surface area (Å²) in [4.78, 5) is 13.9. The summed E-state index contributed by atoms with van der Waals surface area (Å²) in [6, 6.07) is 6.03. The quantitative estimate of drug-likeness (QED) is 0.853. The van der Waals surface area contributed by atoms with Crippen LogP contribution in [0.2, 0.25) is 0 Å². The number of nitrogens with one attached hydrogen (secondary N) is 1. The topological polar surface area (TPSA) is 32.3 Å². The molecule has 1 saturated heterocycles. The Morgan fingerprint density at radius 3 is 2.61 bits per heavy atom. The van der Waals surface area contributed by atoms with Crippen molar-refractivity contribution in [2.45, 2.75) is 32.1 Å². The van der Waals surface area contributed by atoms with E-state index in [1.165, 1.54) is 24.1 Å². The summed E-state index contributed by atoms with van der Waals surface area (Å²) < 4.78 is 0. The summed E-state index contributed by atoms with van der Waals surface area (Å²) in [6.07, 6.45) is 2.53. The normalized spacial score (nSPS) is 16.7. The lowest BCUT2D eigenvalue weighted by Gasteiger charge is -2.20. The molecular weight excluding hydrogens is 248 g/mol. The zero-order valence-corrected chi connectivity index (χ0v) is 11.6. The average Bonchev–Trinajstić information content (AvgIpc) is 2.82. The first-order chi connectivity index (χ1) is 8.58. The van der Waals surface area contributed by atoms with Gasteiger partial charge in [0.2, 0.25) is 5.91 Å². The maximum atomic E-state index is 11.5. The number of benzene rings is 1. The molecule has 3 nitrogen and oxygen atoms in total. The van der Waals surface area contributed by atoms with Crippen molar-refractivity contribution in [1.29, 1.82) is 0 Å². The van der Waals surface area contributed by atoms with Crippen LogP contribution in [-0.2, 0) is 4.79 Å². The van der Waals surface area contributed by atoms with Gasteiger partial charge in [0.15, 0.2) is 0 Å². The number of hydrogen-bond acceptors (Lipinski definition) is 2. The SMILES string of the molecule is Cc1cc(NC(=O)[C@@H](C)Cl)ccc1N1CCCC1. The van der Waals surface area contributed by atoms with E-state index in [0.29, 0.717) is 0 Å². The molecule has 1 aliphatic heterocycles. The Labute approximate surface area is 113 Å². The highest BCUT2D eigenvalue weighted by atomic mass is 35.5. The van der Waals surface area contributed by atoms with Gasteiger partial charge >= 0.3 is 0 Å². The molecule has 1 aromatic rings. The maximum Gasteiger partial charge on any atom is 0.242 e. The summed E-state index contributed by atoms with van der Waals surface area (Å²) in [5, 5.41) is 2.30. The van der Waals surface area contributed by atoms with Crippen LogP contribution in [0.1, 0.15) is 25.3 Å². The van der Waals surface area contributed by atoms with E-state index in [9.17, 15) is 4.79 Å². The van der Waals surface area contributed by atoms with E-state index in [1.54, 1.807) is 6.92 Å². The second kappa shape index (κ2) is 5.61. The van der Waals surface area contributed by atoms with Gasteiger partial charge < -0.3 is 10.2 Å². The van der Waals surface area contributed by atoms with Gasteiger partial charge in [-0.3, -0.25) is 4.79 Å². The number of carbonyl (C=O) groups is 1. The Morgan fingerprint density at radius 1 is 1.39 bits per heavy atom. The molecule has 1 aliphatic rings. The predicted octanol–water partition coefficient (Wildman–Crippen LogP) is 3.16. The smallest absolute Gasteiger partial charge is 0.242 e. The van der Waals surface area contributed by atoms with Crippen molar-refractivity contribution < 1.29 is 4.79 Å². The molecule has 0 bridgehead atoms. The Morgan fingerprint density at radius 2 is 2.06 bits per heavy atom. The molecule has 4 heteroatoms. The number of aryl methyl sites for hydroxylation is 1. The Bertz CT molecular complexity index is 439. The predicted molar refractivity (Wildman–Crippen MR) is 76.6 cm³/mol. The van der Waals surface area contributed by atoms with Gasteiger partial charge in [-0.25, -0.2) is 0 Å². The van der Waals surface area contributed by atoms with Crippen LogP contribution in [0, 0.1) is 6.92 Å². The molecule has 2 rings (SSSR count). The van der Waals surface area contributed by atoms with Crippen molar-refractivity contribution in [3.05, 3.63) is 23.8 Å². The summed E-state index contributed by atoms with van der Waals surface area (Å²) in [7, 11) is 0. The Kier molecular flexibility index (Phi) is 4.12. The van der Waals surface area contributed by atoms with Gasteiger partial charge in [0, 0.05) is 24.5 Å². The number of alkyl halides is 1. The van der Waals surface area contributed by atoms with Gasteiger partial charge in [0.25, 0.3) is 0 Å². The molecule has 1 atom stereocenters. The van der Waals surface area contributed by atoms with E-state index >= 15 is 0 Å². The molecule has 0 radical (unpaired) electrons. The van der Waals surface area contributed by atoms with Gasteiger partial charge in [-0.15, -0.1) is 11.6 Å². The summed E-state index contributed by atoms with van der Waals surface area (Å²) in [6.45, 7) is 6.01. The van der Waals surface area contributed by atoms with E-state index in [4.69, 9.17) is 11.6 Å². The Balaban J connectivity index is 2.11. The van der Waals surface area contributed by atoms with Crippen LogP contribution in [0.3, 0.4) is 0 Å². The molecule has 0 spiro atoms. The fraction of sp³-hybridized carbons (Fsp3) is 0.500. The minimum Gasteiger partial charge on any atom is -0.371 e. The average molecular weight is 267 g/mol. The van der Waals surface area contributed by atoms with Crippen molar-refractivity contribution in [2.24, 2.45) is 0 Å². The second-order valence-electron chi connectivity index (χ2n) is 4.80. The fourth-order valence-corrected chi connectivity index (χ4v) is 2.34. The van der Waals surface area contributed by atoms with Crippen LogP contribution < -0.4 is 10.2 Å². The molecule has 1 heterocycles. The third-order valence-electron chi connectivity index (χ3n) is 3.27. The monoisotopic (exact) mass is 266 g/mol. The minimum atomic E-state index is -0.511. The highest BCUT2D eigenvalue weighted by Gasteiger charge is 2.15. The van der Waals surface area contributed by atoms with Crippen LogP contribution in [0.15, 0.2) is 18.2 Å². The third kappa shape index (κ3) is 2.96. The van der Waals surface area contributed by atoms with Gasteiger partial charge in [-0.2, -0.15) is 0 Å². The first kappa shape index (κ1) is 13.2. The zero-order chi connectivity index (χ0) is 13.1. The number of anilines is 2. The molecule has 1 fully saturated rings. The zero-order valence-electron chi connectivity index (χ0n) is 10.9. The van der Waals surface area contributed by atoms with Crippen molar-refractivity contribution in [2.75, 3.05) is 23.3 Å². The van der Waals surface area contributed by atoms with Crippen LogP contribution in [0.25, 0.3) is 0 Å². The lowest BCUT2D eigenvalue weighted by molar-refractivity contribution is -0.115. The number of rotatable bonds is 3. The third-order valence-corrected chi connectivity index (χ3v) is 3.47. The molecule has 1 aromatic carbocycles. The molecule has 1 N–H and O–H groups in total. The number of halogens is 1. The van der Waals surface area contributed by atoms with E-state index in [2.05, 4.69) is 23.2 Å². The molecule has 98 valence electrons. The standard InChI is InChI=1S/C14H19ClN2O/c1-10-9-12(16-14(18)11(2)15)5-6-13(10)17-7-3-4-8-17/h5-6,9,11H,3-4,7-8H2,1-2H3,(H,16,18)/t11-/m1/s1. The van der Waals surface area contributed by atoms with Crippen LogP contribution in [0.4, 0.5) is 11.4 Å². The van der Waals surface area contributed by atoms with E-state index in [-0.39, 0.29) is 5.91 Å². The van der Waals surface area contributed by atoms with Crippen molar-refractivity contribution in [1.82, 2.24) is 0 Å². The molecule has 0 saturated carbocycles. The largest absolute Gasteiger partial charge is 0.371 e. The van der Waals surface area contributed by atoms with Crippen LogP contribution in [0.5, 0.6) is 0 Å². The summed E-state index contributed by atoms with van der Waals surface area (Å²) >= 11 is 5.73. The number of nitrogens with zero attached hydrogens (tertiary/aromatic N) is 1. The highest BCUT2D eigenvalue weighted by molar-refractivity contribution is 6.32.